The van der Waals surface area contributed by atoms with Gasteiger partial charge in [-0.05, 0) is 37.1 Å². The van der Waals surface area contributed by atoms with E-state index in [1.54, 1.807) is 0 Å². The fraction of sp³-hybridized carbons (Fsp3) is 0.800. The Kier molecular flexibility index (Phi) is 3.33. The Morgan fingerprint density at radius 3 is 2.68 bits per heavy atom. The maximum Gasteiger partial charge on any atom is 0.331 e. The van der Waals surface area contributed by atoms with Crippen molar-refractivity contribution in [3.05, 3.63) is 5.82 Å². The van der Waals surface area contributed by atoms with Gasteiger partial charge in [0.25, 0.3) is 0 Å². The van der Waals surface area contributed by atoms with E-state index in [0.29, 0.717) is 12.8 Å². The first kappa shape index (κ1) is 13.9. The third-order valence-electron chi connectivity index (χ3n) is 3.41. The lowest BCUT2D eigenvalue weighted by Crippen LogP contribution is -2.39. The number of nitrogens with zero attached hydrogens (tertiary/aromatic N) is 4. The summed E-state index contributed by atoms with van der Waals surface area (Å²) in [6.45, 7) is 2.87. The minimum Gasteiger partial charge on any atom is -0.479 e. The van der Waals surface area contributed by atoms with Crippen molar-refractivity contribution in [3.63, 3.8) is 0 Å². The van der Waals surface area contributed by atoms with Crippen LogP contribution in [0, 0.1) is 0 Å². The van der Waals surface area contributed by atoms with Gasteiger partial charge < -0.3 is 5.11 Å². The van der Waals surface area contributed by atoms with Crippen molar-refractivity contribution in [2.24, 2.45) is 0 Å². The van der Waals surface area contributed by atoms with Crippen molar-refractivity contribution in [1.82, 2.24) is 20.2 Å². The molecule has 0 aromatic carbocycles. The molecule has 0 bridgehead atoms. The summed E-state index contributed by atoms with van der Waals surface area (Å²) < 4.78 is 25.2. The van der Waals surface area contributed by atoms with Gasteiger partial charge in [0.15, 0.2) is 21.2 Å². The van der Waals surface area contributed by atoms with Crippen molar-refractivity contribution in [2.75, 3.05) is 5.75 Å². The molecule has 1 N–H and O–H groups in total. The van der Waals surface area contributed by atoms with Crippen LogP contribution in [-0.2, 0) is 20.2 Å². The topological polar surface area (TPSA) is 115 Å². The fourth-order valence-corrected chi connectivity index (χ4v) is 4.01. The number of aliphatic carboxylic acids is 1. The Balaban J connectivity index is 2.48. The molecule has 1 fully saturated rings. The third-order valence-corrected chi connectivity index (χ3v) is 5.58. The van der Waals surface area contributed by atoms with Crippen molar-refractivity contribution in [1.29, 1.82) is 0 Å². The fourth-order valence-electron chi connectivity index (χ4n) is 2.13. The molecule has 1 aromatic heterocycles. The molecule has 106 valence electrons. The lowest BCUT2D eigenvalue weighted by Gasteiger charge is -2.25. The zero-order valence-electron chi connectivity index (χ0n) is 10.8. The van der Waals surface area contributed by atoms with Crippen LogP contribution in [0.25, 0.3) is 0 Å². The van der Waals surface area contributed by atoms with E-state index >= 15 is 0 Å². The molecule has 0 saturated carbocycles. The molecule has 19 heavy (non-hydrogen) atoms. The molecule has 1 aromatic rings. The normalized spacial score (nSPS) is 23.2. The Morgan fingerprint density at radius 1 is 1.42 bits per heavy atom. The average molecular weight is 288 g/mol. The van der Waals surface area contributed by atoms with Crippen molar-refractivity contribution >= 4 is 15.8 Å². The highest BCUT2D eigenvalue weighted by Gasteiger charge is 2.40. The van der Waals surface area contributed by atoms with Crippen LogP contribution in [-0.4, -0.2) is 45.5 Å². The second-order valence-corrected chi connectivity index (χ2v) is 7.47. The number of carbonyl (C=O) groups is 1. The van der Waals surface area contributed by atoms with E-state index in [2.05, 4.69) is 15.5 Å². The second kappa shape index (κ2) is 4.55. The van der Waals surface area contributed by atoms with E-state index < -0.39 is 26.6 Å². The predicted molar refractivity (Wildman–Crippen MR) is 65.2 cm³/mol. The number of hydrogen-bond donors (Lipinski definition) is 1. The average Bonchev–Trinajstić information content (AvgIpc) is 2.77. The molecule has 0 amide bonds. The highest BCUT2D eigenvalue weighted by Crippen LogP contribution is 2.33. The number of rotatable bonds is 3. The van der Waals surface area contributed by atoms with Crippen LogP contribution in [0.3, 0.4) is 0 Å². The Labute approximate surface area is 110 Å². The minimum atomic E-state index is -3.31. The van der Waals surface area contributed by atoms with Gasteiger partial charge in [-0.2, -0.15) is 0 Å². The molecule has 1 aliphatic rings. The van der Waals surface area contributed by atoms with Gasteiger partial charge in [-0.15, -0.1) is 5.10 Å². The number of sulfone groups is 1. The van der Waals surface area contributed by atoms with Crippen molar-refractivity contribution in [2.45, 2.75) is 43.9 Å². The number of hydrogen-bond acceptors (Lipinski definition) is 6. The summed E-state index contributed by atoms with van der Waals surface area (Å²) in [7, 11) is -3.31. The van der Waals surface area contributed by atoms with Crippen LogP contribution in [0.1, 0.15) is 44.2 Å². The Hall–Kier alpha value is -1.51. The summed E-state index contributed by atoms with van der Waals surface area (Å²) in [5.74, 6) is -0.903. The Bertz CT molecular complexity index is 592. The van der Waals surface area contributed by atoms with Gasteiger partial charge in [0.1, 0.15) is 5.25 Å². The summed E-state index contributed by atoms with van der Waals surface area (Å²) >= 11 is 0. The van der Waals surface area contributed by atoms with Crippen LogP contribution < -0.4 is 0 Å². The molecule has 1 unspecified atom stereocenters. The van der Waals surface area contributed by atoms with Crippen molar-refractivity contribution < 1.29 is 18.3 Å². The number of tetrazole rings is 1. The van der Waals surface area contributed by atoms with E-state index in [1.165, 1.54) is 13.8 Å². The standard InChI is InChI=1S/C10H16N4O4S/c1-10(2,9(15)16)14-8(11-12-13-14)7-5-3-4-6-19(7,17)18/h7H,3-6H2,1-2H3,(H,15,16). The highest BCUT2D eigenvalue weighted by molar-refractivity contribution is 7.91. The molecule has 2 heterocycles. The van der Waals surface area contributed by atoms with Crippen LogP contribution in [0.2, 0.25) is 0 Å². The molecule has 8 nitrogen and oxygen atoms in total. The number of carboxylic acids is 1. The molecule has 2 rings (SSSR count). The molecule has 0 spiro atoms. The molecule has 0 aliphatic carbocycles. The minimum absolute atomic E-state index is 0.0953. The molecule has 1 aliphatic heterocycles. The van der Waals surface area contributed by atoms with Crippen LogP contribution in [0.15, 0.2) is 0 Å². The lowest BCUT2D eigenvalue weighted by molar-refractivity contribution is -0.146. The van der Waals surface area contributed by atoms with E-state index in [4.69, 9.17) is 0 Å². The first-order valence-electron chi connectivity index (χ1n) is 6.00. The van der Waals surface area contributed by atoms with Crippen LogP contribution in [0.5, 0.6) is 0 Å². The molecule has 9 heteroatoms. The predicted octanol–water partition coefficient (Wildman–Crippen LogP) is 0.133. The summed E-state index contributed by atoms with van der Waals surface area (Å²) in [5.41, 5.74) is -1.38. The summed E-state index contributed by atoms with van der Waals surface area (Å²) in [4.78, 5) is 11.2. The summed E-state index contributed by atoms with van der Waals surface area (Å²) in [6, 6.07) is 0. The van der Waals surface area contributed by atoms with E-state index in [1.807, 2.05) is 0 Å². The Morgan fingerprint density at radius 2 is 2.11 bits per heavy atom. The lowest BCUT2D eigenvalue weighted by atomic mass is 10.1. The first-order valence-corrected chi connectivity index (χ1v) is 7.72. The highest BCUT2D eigenvalue weighted by atomic mass is 32.2. The second-order valence-electron chi connectivity index (χ2n) is 5.16. The maximum atomic E-state index is 12.1. The molecular formula is C10H16N4O4S. The van der Waals surface area contributed by atoms with Gasteiger partial charge in [-0.3, -0.25) is 0 Å². The summed E-state index contributed by atoms with van der Waals surface area (Å²) in [5, 5.41) is 19.2. The molecular weight excluding hydrogens is 272 g/mol. The van der Waals surface area contributed by atoms with Gasteiger partial charge in [0, 0.05) is 0 Å². The van der Waals surface area contributed by atoms with Gasteiger partial charge in [-0.1, -0.05) is 6.42 Å². The first-order chi connectivity index (χ1) is 8.77. The quantitative estimate of drug-likeness (QED) is 0.840. The largest absolute Gasteiger partial charge is 0.479 e. The number of aromatic nitrogens is 4. The molecule has 1 atom stereocenters. The third kappa shape index (κ3) is 2.34. The van der Waals surface area contributed by atoms with Crippen molar-refractivity contribution in [3.8, 4) is 0 Å². The SMILES string of the molecule is CC(C)(C(=O)O)n1nnnc1C1CCCCS1(=O)=O. The zero-order chi connectivity index (χ0) is 14.3. The van der Waals surface area contributed by atoms with E-state index in [-0.39, 0.29) is 11.6 Å². The van der Waals surface area contributed by atoms with Crippen LogP contribution >= 0.6 is 0 Å². The summed E-state index contributed by atoms with van der Waals surface area (Å²) in [6.07, 6.45) is 1.82. The van der Waals surface area contributed by atoms with Gasteiger partial charge >= 0.3 is 5.97 Å². The number of carboxylic acid groups (broad SMARTS) is 1. The van der Waals surface area contributed by atoms with E-state index in [0.717, 1.165) is 11.1 Å². The van der Waals surface area contributed by atoms with Gasteiger partial charge in [0.2, 0.25) is 0 Å². The van der Waals surface area contributed by atoms with Gasteiger partial charge in [-0.25, -0.2) is 17.9 Å². The van der Waals surface area contributed by atoms with Crippen LogP contribution in [0.4, 0.5) is 0 Å². The molecule has 0 radical (unpaired) electrons. The molecule has 1 saturated heterocycles. The van der Waals surface area contributed by atoms with E-state index in [9.17, 15) is 18.3 Å². The zero-order valence-corrected chi connectivity index (χ0v) is 11.6. The van der Waals surface area contributed by atoms with Gasteiger partial charge in [0.05, 0.1) is 5.75 Å². The monoisotopic (exact) mass is 288 g/mol. The smallest absolute Gasteiger partial charge is 0.331 e. The maximum absolute atomic E-state index is 12.1.